The Kier molecular flexibility index (Phi) is 4.91. The van der Waals surface area contributed by atoms with Crippen molar-refractivity contribution in [1.29, 1.82) is 5.26 Å². The summed E-state index contributed by atoms with van der Waals surface area (Å²) < 4.78 is 0. The molecular weight excluding hydrogens is 260 g/mol. The van der Waals surface area contributed by atoms with Crippen molar-refractivity contribution >= 4 is 22.2 Å². The Morgan fingerprint density at radius 1 is 1.74 bits per heavy atom. The maximum atomic E-state index is 11.8. The van der Waals surface area contributed by atoms with Gasteiger partial charge in [0.25, 0.3) is 0 Å². The fourth-order valence-electron chi connectivity index (χ4n) is 2.16. The van der Waals surface area contributed by atoms with E-state index in [0.717, 1.165) is 26.2 Å². The molecule has 6 heteroatoms. The Hall–Kier alpha value is -1.42. The summed E-state index contributed by atoms with van der Waals surface area (Å²) in [4.78, 5) is 14.1. The highest BCUT2D eigenvalue weighted by atomic mass is 32.1. The van der Waals surface area contributed by atoms with Gasteiger partial charge in [-0.25, -0.2) is 0 Å². The van der Waals surface area contributed by atoms with Crippen molar-refractivity contribution < 1.29 is 4.79 Å². The van der Waals surface area contributed by atoms with E-state index in [9.17, 15) is 4.79 Å². The number of hydrogen-bond donors (Lipinski definition) is 2. The van der Waals surface area contributed by atoms with Crippen LogP contribution in [0, 0.1) is 11.3 Å². The molecule has 19 heavy (non-hydrogen) atoms. The number of carbonyl (C=O) groups is 1. The van der Waals surface area contributed by atoms with E-state index >= 15 is 0 Å². The number of anilines is 1. The molecule has 1 aliphatic heterocycles. The van der Waals surface area contributed by atoms with E-state index in [4.69, 9.17) is 5.26 Å². The van der Waals surface area contributed by atoms with E-state index < -0.39 is 0 Å². The lowest BCUT2D eigenvalue weighted by Crippen LogP contribution is -2.49. The fraction of sp³-hybridized carbons (Fsp3) is 0.538. The molecule has 0 aliphatic carbocycles. The molecule has 5 nitrogen and oxygen atoms in total. The lowest BCUT2D eigenvalue weighted by Gasteiger charge is -2.31. The third kappa shape index (κ3) is 4.03. The number of nitrogens with one attached hydrogen (secondary N) is 2. The minimum Gasteiger partial charge on any atom is -0.317 e. The summed E-state index contributed by atoms with van der Waals surface area (Å²) in [5.74, 6) is -0.0230. The van der Waals surface area contributed by atoms with Gasteiger partial charge in [-0.3, -0.25) is 4.79 Å². The monoisotopic (exact) mass is 278 g/mol. The van der Waals surface area contributed by atoms with Crippen LogP contribution in [0.3, 0.4) is 0 Å². The predicted molar refractivity (Wildman–Crippen MR) is 76.2 cm³/mol. The van der Waals surface area contributed by atoms with Gasteiger partial charge >= 0.3 is 0 Å². The van der Waals surface area contributed by atoms with Gasteiger partial charge in [-0.1, -0.05) is 0 Å². The molecule has 1 amide bonds. The number of thiophene rings is 1. The molecule has 1 aliphatic rings. The van der Waals surface area contributed by atoms with E-state index in [1.165, 1.54) is 11.3 Å². The van der Waals surface area contributed by atoms with Gasteiger partial charge in [-0.05, 0) is 18.4 Å². The number of carbonyl (C=O) groups excluding carboxylic acids is 1. The third-order valence-electron chi connectivity index (χ3n) is 3.15. The van der Waals surface area contributed by atoms with Crippen LogP contribution in [-0.2, 0) is 4.79 Å². The minimum absolute atomic E-state index is 0.0230. The Labute approximate surface area is 117 Å². The smallest absolute Gasteiger partial charge is 0.226 e. The average molecular weight is 278 g/mol. The first-order chi connectivity index (χ1) is 9.19. The minimum atomic E-state index is -0.0230. The number of amides is 1. The number of rotatable bonds is 4. The molecule has 1 aromatic heterocycles. The molecule has 0 radical (unpaired) electrons. The van der Waals surface area contributed by atoms with Crippen LogP contribution in [0.1, 0.15) is 18.9 Å². The summed E-state index contributed by atoms with van der Waals surface area (Å²) in [6, 6.07) is 4.28. The number of hydrogen-bond acceptors (Lipinski definition) is 5. The number of piperazine rings is 1. The topological polar surface area (TPSA) is 68.2 Å². The van der Waals surface area contributed by atoms with Crippen LogP contribution in [0.5, 0.6) is 0 Å². The summed E-state index contributed by atoms with van der Waals surface area (Å²) in [6.45, 7) is 5.87. The SMILES string of the molecule is C[C@@H]1CN(CCC(=O)Nc2sccc2C#N)CCN1. The highest BCUT2D eigenvalue weighted by Gasteiger charge is 2.16. The van der Waals surface area contributed by atoms with Crippen LogP contribution < -0.4 is 10.6 Å². The molecule has 0 aromatic carbocycles. The van der Waals surface area contributed by atoms with Crippen molar-refractivity contribution in [3.05, 3.63) is 17.0 Å². The molecule has 1 atom stereocenters. The second-order valence-corrected chi connectivity index (χ2v) is 5.65. The molecule has 1 saturated heterocycles. The maximum Gasteiger partial charge on any atom is 0.226 e. The third-order valence-corrected chi connectivity index (χ3v) is 3.98. The van der Waals surface area contributed by atoms with Crippen molar-refractivity contribution in [1.82, 2.24) is 10.2 Å². The molecule has 0 bridgehead atoms. The number of nitriles is 1. The first-order valence-electron chi connectivity index (χ1n) is 6.42. The standard InChI is InChI=1S/C13H18N4OS/c1-10-9-17(6-4-15-10)5-2-12(18)16-13-11(8-14)3-7-19-13/h3,7,10,15H,2,4-6,9H2,1H3,(H,16,18)/t10-/m1/s1. The largest absolute Gasteiger partial charge is 0.317 e. The molecule has 0 spiro atoms. The van der Waals surface area contributed by atoms with Gasteiger partial charge in [0.05, 0.1) is 5.56 Å². The van der Waals surface area contributed by atoms with Crippen molar-refractivity contribution in [2.45, 2.75) is 19.4 Å². The quantitative estimate of drug-likeness (QED) is 0.869. The molecule has 2 rings (SSSR count). The second-order valence-electron chi connectivity index (χ2n) is 4.73. The van der Waals surface area contributed by atoms with Crippen molar-refractivity contribution in [2.75, 3.05) is 31.5 Å². The van der Waals surface area contributed by atoms with Crippen LogP contribution in [0.15, 0.2) is 11.4 Å². The Bertz CT molecular complexity index is 479. The number of nitrogens with zero attached hydrogens (tertiary/aromatic N) is 2. The Morgan fingerprint density at radius 3 is 3.32 bits per heavy atom. The first-order valence-corrected chi connectivity index (χ1v) is 7.30. The van der Waals surface area contributed by atoms with Gasteiger partial charge < -0.3 is 15.5 Å². The zero-order valence-electron chi connectivity index (χ0n) is 11.0. The van der Waals surface area contributed by atoms with E-state index in [0.29, 0.717) is 23.0 Å². The highest BCUT2D eigenvalue weighted by molar-refractivity contribution is 7.14. The van der Waals surface area contributed by atoms with Gasteiger partial charge in [0, 0.05) is 38.6 Å². The van der Waals surface area contributed by atoms with Gasteiger partial charge in [0.2, 0.25) is 5.91 Å². The fourth-order valence-corrected chi connectivity index (χ4v) is 2.91. The molecular formula is C13H18N4OS. The van der Waals surface area contributed by atoms with Crippen LogP contribution in [-0.4, -0.2) is 43.0 Å². The normalized spacial score (nSPS) is 19.9. The maximum absolute atomic E-state index is 11.8. The molecule has 1 aromatic rings. The van der Waals surface area contributed by atoms with Crippen LogP contribution in [0.25, 0.3) is 0 Å². The van der Waals surface area contributed by atoms with Crippen LogP contribution >= 0.6 is 11.3 Å². The predicted octanol–water partition coefficient (Wildman–Crippen LogP) is 1.24. The molecule has 2 N–H and O–H groups in total. The Balaban J connectivity index is 1.77. The molecule has 0 unspecified atom stereocenters. The van der Waals surface area contributed by atoms with Crippen molar-refractivity contribution in [2.24, 2.45) is 0 Å². The van der Waals surface area contributed by atoms with E-state index in [2.05, 4.69) is 28.5 Å². The summed E-state index contributed by atoms with van der Waals surface area (Å²) in [6.07, 6.45) is 0.468. The lowest BCUT2D eigenvalue weighted by molar-refractivity contribution is -0.116. The van der Waals surface area contributed by atoms with Gasteiger partial charge in [-0.2, -0.15) is 5.26 Å². The summed E-state index contributed by atoms with van der Waals surface area (Å²) in [5.41, 5.74) is 0.536. The Morgan fingerprint density at radius 2 is 2.58 bits per heavy atom. The van der Waals surface area contributed by atoms with Crippen molar-refractivity contribution in [3.63, 3.8) is 0 Å². The van der Waals surface area contributed by atoms with E-state index in [1.807, 2.05) is 5.38 Å². The van der Waals surface area contributed by atoms with Gasteiger partial charge in [0.1, 0.15) is 11.1 Å². The highest BCUT2D eigenvalue weighted by Crippen LogP contribution is 2.22. The molecule has 1 fully saturated rings. The van der Waals surface area contributed by atoms with E-state index in [-0.39, 0.29) is 5.91 Å². The summed E-state index contributed by atoms with van der Waals surface area (Å²) in [7, 11) is 0. The lowest BCUT2D eigenvalue weighted by atomic mass is 10.2. The first kappa shape index (κ1) is 14.0. The van der Waals surface area contributed by atoms with Gasteiger partial charge in [-0.15, -0.1) is 11.3 Å². The van der Waals surface area contributed by atoms with Crippen LogP contribution in [0.4, 0.5) is 5.00 Å². The summed E-state index contributed by atoms with van der Waals surface area (Å²) in [5, 5.41) is 17.5. The summed E-state index contributed by atoms with van der Waals surface area (Å²) >= 11 is 1.39. The molecule has 2 heterocycles. The zero-order chi connectivity index (χ0) is 13.7. The van der Waals surface area contributed by atoms with Gasteiger partial charge in [0.15, 0.2) is 0 Å². The molecule has 0 saturated carbocycles. The zero-order valence-corrected chi connectivity index (χ0v) is 11.8. The van der Waals surface area contributed by atoms with Crippen LogP contribution in [0.2, 0.25) is 0 Å². The van der Waals surface area contributed by atoms with Crippen molar-refractivity contribution in [3.8, 4) is 6.07 Å². The van der Waals surface area contributed by atoms with E-state index in [1.54, 1.807) is 6.07 Å². The second kappa shape index (κ2) is 6.66. The molecule has 102 valence electrons. The average Bonchev–Trinajstić information content (AvgIpc) is 2.84.